The second-order valence-corrected chi connectivity index (χ2v) is 4.51. The van der Waals surface area contributed by atoms with E-state index in [1.807, 2.05) is 14.0 Å². The fraction of sp³-hybridized carbons (Fsp3) is 0.636. The molecule has 0 aliphatic rings. The molecule has 1 aromatic rings. The zero-order valence-electron chi connectivity index (χ0n) is 9.94. The Morgan fingerprint density at radius 1 is 1.50 bits per heavy atom. The van der Waals surface area contributed by atoms with Crippen molar-refractivity contribution in [2.45, 2.75) is 32.9 Å². The molecular weight excluding hydrogens is 226 g/mol. The third kappa shape index (κ3) is 4.88. The van der Waals surface area contributed by atoms with Crippen LogP contribution < -0.4 is 0 Å². The summed E-state index contributed by atoms with van der Waals surface area (Å²) in [5.41, 5.74) is 0.874. The van der Waals surface area contributed by atoms with Gasteiger partial charge in [0, 0.05) is 12.2 Å². The molecule has 0 saturated heterocycles. The van der Waals surface area contributed by atoms with Gasteiger partial charge in [-0.25, -0.2) is 9.97 Å². The molecule has 0 radical (unpaired) electrons. The summed E-state index contributed by atoms with van der Waals surface area (Å²) in [6.45, 7) is 5.14. The molecule has 0 amide bonds. The Labute approximate surface area is 101 Å². The molecule has 1 heterocycles. The van der Waals surface area contributed by atoms with Crippen LogP contribution in [-0.4, -0.2) is 39.7 Å². The minimum atomic E-state index is -0.274. The highest BCUT2D eigenvalue weighted by Crippen LogP contribution is 2.08. The van der Waals surface area contributed by atoms with Crippen LogP contribution in [0.1, 0.15) is 24.9 Å². The summed E-state index contributed by atoms with van der Waals surface area (Å²) in [5.74, 6) is 0.720. The Kier molecular flexibility index (Phi) is 5.12. The maximum atomic E-state index is 9.18. The van der Waals surface area contributed by atoms with Gasteiger partial charge >= 0.3 is 0 Å². The Morgan fingerprint density at radius 3 is 2.75 bits per heavy atom. The first-order valence-corrected chi connectivity index (χ1v) is 5.72. The lowest BCUT2D eigenvalue weighted by Crippen LogP contribution is -2.23. The average Bonchev–Trinajstić information content (AvgIpc) is 2.12. The second-order valence-electron chi connectivity index (χ2n) is 4.12. The second kappa shape index (κ2) is 6.13. The summed E-state index contributed by atoms with van der Waals surface area (Å²) < 4.78 is 0. The topological polar surface area (TPSA) is 49.2 Å². The van der Waals surface area contributed by atoms with E-state index in [9.17, 15) is 5.11 Å². The molecule has 0 spiro atoms. The number of halogens is 1. The summed E-state index contributed by atoms with van der Waals surface area (Å²) in [4.78, 5) is 10.5. The van der Waals surface area contributed by atoms with Crippen LogP contribution in [0.2, 0.25) is 5.15 Å². The van der Waals surface area contributed by atoms with Crippen LogP contribution >= 0.6 is 11.6 Å². The van der Waals surface area contributed by atoms with Crippen molar-refractivity contribution in [3.05, 3.63) is 22.7 Å². The molecule has 4 nitrogen and oxygen atoms in total. The standard InChI is InChI=1S/C11H18ClN3O/c1-8-6-10(12)14-11(13-8)7-15(3)5-4-9(2)16/h6,9,16H,4-5,7H2,1-3H3. The van der Waals surface area contributed by atoms with Gasteiger partial charge in [-0.1, -0.05) is 11.6 Å². The van der Waals surface area contributed by atoms with Crippen LogP contribution in [0.5, 0.6) is 0 Å². The fourth-order valence-electron chi connectivity index (χ4n) is 1.39. The number of aryl methyl sites for hydroxylation is 1. The van der Waals surface area contributed by atoms with Crippen molar-refractivity contribution in [3.63, 3.8) is 0 Å². The van der Waals surface area contributed by atoms with Gasteiger partial charge in [0.25, 0.3) is 0 Å². The first-order chi connectivity index (χ1) is 7.47. The zero-order chi connectivity index (χ0) is 12.1. The number of rotatable bonds is 5. The van der Waals surface area contributed by atoms with Gasteiger partial charge in [0.15, 0.2) is 0 Å². The predicted octanol–water partition coefficient (Wildman–Crippen LogP) is 1.64. The maximum absolute atomic E-state index is 9.18. The third-order valence-corrected chi connectivity index (χ3v) is 2.40. The lowest BCUT2D eigenvalue weighted by atomic mass is 10.3. The van der Waals surface area contributed by atoms with Crippen LogP contribution in [0.15, 0.2) is 6.07 Å². The van der Waals surface area contributed by atoms with Gasteiger partial charge in [-0.15, -0.1) is 0 Å². The minimum absolute atomic E-state index is 0.274. The average molecular weight is 244 g/mol. The molecule has 1 aromatic heterocycles. The van der Waals surface area contributed by atoms with Crippen molar-refractivity contribution in [1.82, 2.24) is 14.9 Å². The van der Waals surface area contributed by atoms with E-state index in [1.165, 1.54) is 0 Å². The van der Waals surface area contributed by atoms with Crippen LogP contribution in [0.25, 0.3) is 0 Å². The van der Waals surface area contributed by atoms with Gasteiger partial charge in [0.05, 0.1) is 12.6 Å². The molecule has 0 aromatic carbocycles. The molecule has 5 heteroatoms. The predicted molar refractivity (Wildman–Crippen MR) is 64.4 cm³/mol. The lowest BCUT2D eigenvalue weighted by molar-refractivity contribution is 0.162. The highest BCUT2D eigenvalue weighted by molar-refractivity contribution is 6.29. The molecule has 1 N–H and O–H groups in total. The van der Waals surface area contributed by atoms with E-state index < -0.39 is 0 Å². The summed E-state index contributed by atoms with van der Waals surface area (Å²) in [7, 11) is 1.97. The molecule has 1 unspecified atom stereocenters. The van der Waals surface area contributed by atoms with E-state index in [0.717, 1.165) is 24.5 Å². The number of aromatic nitrogens is 2. The number of aliphatic hydroxyl groups is 1. The summed E-state index contributed by atoms with van der Waals surface area (Å²) >= 11 is 5.85. The number of aliphatic hydroxyl groups excluding tert-OH is 1. The van der Waals surface area contributed by atoms with E-state index in [4.69, 9.17) is 11.6 Å². The van der Waals surface area contributed by atoms with Crippen molar-refractivity contribution in [3.8, 4) is 0 Å². The van der Waals surface area contributed by atoms with Crippen molar-refractivity contribution in [2.75, 3.05) is 13.6 Å². The van der Waals surface area contributed by atoms with E-state index in [2.05, 4.69) is 14.9 Å². The molecule has 0 aliphatic heterocycles. The number of hydrogen-bond acceptors (Lipinski definition) is 4. The van der Waals surface area contributed by atoms with Crippen LogP contribution in [-0.2, 0) is 6.54 Å². The smallest absolute Gasteiger partial charge is 0.144 e. The Bertz CT molecular complexity index is 324. The molecule has 1 atom stereocenters. The van der Waals surface area contributed by atoms with Gasteiger partial charge in [-0.3, -0.25) is 4.90 Å². The van der Waals surface area contributed by atoms with Crippen LogP contribution in [0.4, 0.5) is 0 Å². The van der Waals surface area contributed by atoms with Gasteiger partial charge in [-0.2, -0.15) is 0 Å². The molecule has 1 rings (SSSR count). The van der Waals surface area contributed by atoms with E-state index >= 15 is 0 Å². The van der Waals surface area contributed by atoms with Gasteiger partial charge in [0.1, 0.15) is 11.0 Å². The van der Waals surface area contributed by atoms with Gasteiger partial charge in [-0.05, 0) is 33.4 Å². The highest BCUT2D eigenvalue weighted by Gasteiger charge is 2.06. The quantitative estimate of drug-likeness (QED) is 0.799. The summed E-state index contributed by atoms with van der Waals surface area (Å²) in [6, 6.07) is 1.74. The van der Waals surface area contributed by atoms with E-state index in [0.29, 0.717) is 11.7 Å². The third-order valence-electron chi connectivity index (χ3n) is 2.21. The Morgan fingerprint density at radius 2 is 2.19 bits per heavy atom. The summed E-state index contributed by atoms with van der Waals surface area (Å²) in [5, 5.41) is 9.65. The molecular formula is C11H18ClN3O. The minimum Gasteiger partial charge on any atom is -0.393 e. The van der Waals surface area contributed by atoms with Crippen molar-refractivity contribution in [2.24, 2.45) is 0 Å². The molecule has 0 saturated carbocycles. The van der Waals surface area contributed by atoms with E-state index in [1.54, 1.807) is 13.0 Å². The first kappa shape index (κ1) is 13.4. The number of nitrogens with zero attached hydrogens (tertiary/aromatic N) is 3. The zero-order valence-corrected chi connectivity index (χ0v) is 10.7. The highest BCUT2D eigenvalue weighted by atomic mass is 35.5. The number of hydrogen-bond donors (Lipinski definition) is 1. The molecule has 90 valence electrons. The monoisotopic (exact) mass is 243 g/mol. The van der Waals surface area contributed by atoms with Crippen LogP contribution in [0.3, 0.4) is 0 Å². The van der Waals surface area contributed by atoms with E-state index in [-0.39, 0.29) is 6.10 Å². The first-order valence-electron chi connectivity index (χ1n) is 5.34. The molecule has 0 aliphatic carbocycles. The summed E-state index contributed by atoms with van der Waals surface area (Å²) in [6.07, 6.45) is 0.472. The van der Waals surface area contributed by atoms with Gasteiger partial charge in [0.2, 0.25) is 0 Å². The largest absolute Gasteiger partial charge is 0.393 e. The molecule has 0 bridgehead atoms. The van der Waals surface area contributed by atoms with Crippen molar-refractivity contribution >= 4 is 11.6 Å². The fourth-order valence-corrected chi connectivity index (χ4v) is 1.64. The van der Waals surface area contributed by atoms with Crippen molar-refractivity contribution < 1.29 is 5.11 Å². The van der Waals surface area contributed by atoms with Gasteiger partial charge < -0.3 is 5.11 Å². The molecule has 0 fully saturated rings. The SMILES string of the molecule is Cc1cc(Cl)nc(CN(C)CCC(C)O)n1. The maximum Gasteiger partial charge on any atom is 0.144 e. The van der Waals surface area contributed by atoms with Crippen molar-refractivity contribution in [1.29, 1.82) is 0 Å². The Hall–Kier alpha value is -0.710. The van der Waals surface area contributed by atoms with Crippen LogP contribution in [0, 0.1) is 6.92 Å². The normalized spacial score (nSPS) is 13.1. The Balaban J connectivity index is 2.52. The molecule has 16 heavy (non-hydrogen) atoms. The lowest BCUT2D eigenvalue weighted by Gasteiger charge is -2.16.